The van der Waals surface area contributed by atoms with Crippen molar-refractivity contribution in [3.8, 4) is 0 Å². The molecule has 1 rings (SSSR count). The Morgan fingerprint density at radius 3 is 2.50 bits per heavy atom. The number of likely N-dealkylation sites (tertiary alicyclic amines) is 1. The number of carbonyl (C=O) groups is 3. The molecule has 0 aromatic heterocycles. The van der Waals surface area contributed by atoms with E-state index in [1.54, 1.807) is 27.7 Å². The van der Waals surface area contributed by atoms with Crippen LogP contribution < -0.4 is 5.32 Å². The van der Waals surface area contributed by atoms with Gasteiger partial charge < -0.3 is 19.7 Å². The van der Waals surface area contributed by atoms with Gasteiger partial charge in [0.05, 0.1) is 7.11 Å². The van der Waals surface area contributed by atoms with Gasteiger partial charge in [-0.2, -0.15) is 0 Å². The molecule has 0 saturated carbocycles. The maximum Gasteiger partial charge on any atom is 0.408 e. The van der Waals surface area contributed by atoms with Crippen LogP contribution in [0.25, 0.3) is 0 Å². The lowest BCUT2D eigenvalue weighted by Crippen LogP contribution is -2.47. The molecule has 20 heavy (non-hydrogen) atoms. The molecule has 2 amide bonds. The van der Waals surface area contributed by atoms with Crippen LogP contribution in [0.4, 0.5) is 4.79 Å². The second kappa shape index (κ2) is 6.11. The molecule has 7 heteroatoms. The molecular weight excluding hydrogens is 264 g/mol. The summed E-state index contributed by atoms with van der Waals surface area (Å²) in [7, 11) is 1.27. The Kier molecular flexibility index (Phi) is 4.97. The van der Waals surface area contributed by atoms with Crippen LogP contribution in [-0.4, -0.2) is 54.2 Å². The molecule has 1 aliphatic rings. The Morgan fingerprint density at radius 2 is 2.00 bits per heavy atom. The second-order valence-electron chi connectivity index (χ2n) is 5.72. The molecule has 114 valence electrons. The van der Waals surface area contributed by atoms with Crippen molar-refractivity contribution >= 4 is 18.0 Å². The Labute approximate surface area is 118 Å². The number of alkyl carbamates (subject to hydrolysis) is 1. The number of hydrogen-bond donors (Lipinski definition) is 1. The van der Waals surface area contributed by atoms with Gasteiger partial charge in [-0.1, -0.05) is 0 Å². The zero-order chi connectivity index (χ0) is 15.5. The van der Waals surface area contributed by atoms with Gasteiger partial charge in [-0.3, -0.25) is 4.79 Å². The van der Waals surface area contributed by atoms with Crippen LogP contribution in [0.5, 0.6) is 0 Å². The Morgan fingerprint density at radius 1 is 1.40 bits per heavy atom. The largest absolute Gasteiger partial charge is 0.467 e. The van der Waals surface area contributed by atoms with Gasteiger partial charge in [0.1, 0.15) is 17.7 Å². The lowest BCUT2D eigenvalue weighted by atomic mass is 10.2. The lowest BCUT2D eigenvalue weighted by molar-refractivity contribution is -0.150. The molecule has 2 atom stereocenters. The Hall–Kier alpha value is -1.79. The summed E-state index contributed by atoms with van der Waals surface area (Å²) in [5.74, 6) is -0.773. The van der Waals surface area contributed by atoms with Crippen molar-refractivity contribution in [3.05, 3.63) is 0 Å². The quantitative estimate of drug-likeness (QED) is 0.771. The first-order valence-electron chi connectivity index (χ1n) is 6.53. The normalized spacial score (nSPS) is 20.6. The van der Waals surface area contributed by atoms with Crippen molar-refractivity contribution < 1.29 is 23.9 Å². The first-order valence-corrected chi connectivity index (χ1v) is 6.53. The van der Waals surface area contributed by atoms with Crippen molar-refractivity contribution in [1.29, 1.82) is 0 Å². The summed E-state index contributed by atoms with van der Waals surface area (Å²) in [4.78, 5) is 36.6. The van der Waals surface area contributed by atoms with E-state index in [9.17, 15) is 14.4 Å². The van der Waals surface area contributed by atoms with Crippen LogP contribution in [0.15, 0.2) is 0 Å². The number of methoxy groups -OCH3 is 1. The van der Waals surface area contributed by atoms with Gasteiger partial charge in [-0.15, -0.1) is 0 Å². The number of esters is 1. The third-order valence-electron chi connectivity index (χ3n) is 2.94. The lowest BCUT2D eigenvalue weighted by Gasteiger charge is -2.23. The first-order chi connectivity index (χ1) is 9.15. The van der Waals surface area contributed by atoms with Crippen molar-refractivity contribution in [1.82, 2.24) is 10.2 Å². The third kappa shape index (κ3) is 4.11. The number of nitrogens with one attached hydrogen (secondary N) is 1. The highest BCUT2D eigenvalue weighted by Crippen LogP contribution is 2.16. The van der Waals surface area contributed by atoms with Gasteiger partial charge in [-0.05, 0) is 34.1 Å². The van der Waals surface area contributed by atoms with Gasteiger partial charge in [0.2, 0.25) is 5.91 Å². The summed E-state index contributed by atoms with van der Waals surface area (Å²) in [6, 6.07) is -1.31. The molecule has 0 aromatic rings. The molecule has 1 heterocycles. The number of nitrogens with zero attached hydrogens (tertiary/aromatic N) is 1. The van der Waals surface area contributed by atoms with E-state index in [-0.39, 0.29) is 5.91 Å². The summed E-state index contributed by atoms with van der Waals surface area (Å²) in [6.07, 6.45) is -0.192. The molecule has 1 N–H and O–H groups in total. The average Bonchev–Trinajstić information content (AvgIpc) is 2.66. The van der Waals surface area contributed by atoms with Crippen LogP contribution in [0.1, 0.15) is 34.1 Å². The summed E-state index contributed by atoms with van der Waals surface area (Å²) in [5, 5.41) is 2.52. The van der Waals surface area contributed by atoms with E-state index >= 15 is 0 Å². The Balaban J connectivity index is 2.58. The minimum Gasteiger partial charge on any atom is -0.467 e. The first kappa shape index (κ1) is 16.3. The van der Waals surface area contributed by atoms with Gasteiger partial charge in [0.25, 0.3) is 0 Å². The number of amides is 2. The summed E-state index contributed by atoms with van der Waals surface area (Å²) in [6.45, 7) is 7.23. The molecule has 7 nitrogen and oxygen atoms in total. The smallest absolute Gasteiger partial charge is 0.408 e. The highest BCUT2D eigenvalue weighted by Gasteiger charge is 2.38. The van der Waals surface area contributed by atoms with E-state index in [1.807, 2.05) is 0 Å². The zero-order valence-corrected chi connectivity index (χ0v) is 12.6. The monoisotopic (exact) mass is 286 g/mol. The van der Waals surface area contributed by atoms with Crippen LogP contribution in [-0.2, 0) is 19.1 Å². The summed E-state index contributed by atoms with van der Waals surface area (Å²) in [5.41, 5.74) is -0.620. The molecular formula is C13H22N2O5. The van der Waals surface area contributed by atoms with E-state index in [4.69, 9.17) is 4.74 Å². The molecule has 0 spiro atoms. The van der Waals surface area contributed by atoms with E-state index in [0.717, 1.165) is 0 Å². The van der Waals surface area contributed by atoms with E-state index < -0.39 is 29.7 Å². The number of ether oxygens (including phenoxy) is 2. The standard InChI is InChI=1S/C13H22N2O5/c1-8(11(17)19-5)15-7-6-9(10(15)16)14-12(18)20-13(2,3)4/h8-9H,6-7H2,1-5H3,(H,14,18). The minimum atomic E-state index is -0.656. The molecule has 1 aliphatic heterocycles. The van der Waals surface area contributed by atoms with Crippen LogP contribution in [0.3, 0.4) is 0 Å². The number of rotatable bonds is 3. The molecule has 2 unspecified atom stereocenters. The topological polar surface area (TPSA) is 84.9 Å². The fourth-order valence-electron chi connectivity index (χ4n) is 1.97. The van der Waals surface area contributed by atoms with E-state index in [1.165, 1.54) is 12.0 Å². The van der Waals surface area contributed by atoms with Gasteiger partial charge >= 0.3 is 12.1 Å². The second-order valence-corrected chi connectivity index (χ2v) is 5.72. The van der Waals surface area contributed by atoms with Crippen LogP contribution in [0, 0.1) is 0 Å². The molecule has 0 radical (unpaired) electrons. The minimum absolute atomic E-state index is 0.297. The molecule has 1 saturated heterocycles. The third-order valence-corrected chi connectivity index (χ3v) is 2.94. The van der Waals surface area contributed by atoms with E-state index in [0.29, 0.717) is 13.0 Å². The predicted molar refractivity (Wildman–Crippen MR) is 71.0 cm³/mol. The zero-order valence-electron chi connectivity index (χ0n) is 12.6. The van der Waals surface area contributed by atoms with Crippen LogP contribution >= 0.6 is 0 Å². The van der Waals surface area contributed by atoms with Crippen molar-refractivity contribution in [2.45, 2.75) is 51.8 Å². The van der Waals surface area contributed by atoms with Gasteiger partial charge in [0.15, 0.2) is 0 Å². The molecule has 0 aromatic carbocycles. The SMILES string of the molecule is COC(=O)C(C)N1CCC(NC(=O)OC(C)(C)C)C1=O. The van der Waals surface area contributed by atoms with Crippen LogP contribution in [0.2, 0.25) is 0 Å². The molecule has 0 bridgehead atoms. The summed E-state index contributed by atoms with van der Waals surface area (Å²) >= 11 is 0. The van der Waals surface area contributed by atoms with Crippen molar-refractivity contribution in [2.75, 3.05) is 13.7 Å². The maximum absolute atomic E-state index is 12.1. The highest BCUT2D eigenvalue weighted by molar-refractivity contribution is 5.91. The molecule has 1 fully saturated rings. The highest BCUT2D eigenvalue weighted by atomic mass is 16.6. The predicted octanol–water partition coefficient (Wildman–Crippen LogP) is 0.673. The number of carbonyl (C=O) groups excluding carboxylic acids is 3. The fraction of sp³-hybridized carbons (Fsp3) is 0.769. The Bertz CT molecular complexity index is 402. The van der Waals surface area contributed by atoms with Gasteiger partial charge in [-0.25, -0.2) is 9.59 Å². The average molecular weight is 286 g/mol. The molecule has 0 aliphatic carbocycles. The van der Waals surface area contributed by atoms with Crippen molar-refractivity contribution in [3.63, 3.8) is 0 Å². The maximum atomic E-state index is 12.1. The van der Waals surface area contributed by atoms with Crippen molar-refractivity contribution in [2.24, 2.45) is 0 Å². The van der Waals surface area contributed by atoms with E-state index in [2.05, 4.69) is 10.1 Å². The fourth-order valence-corrected chi connectivity index (χ4v) is 1.97. The van der Waals surface area contributed by atoms with Gasteiger partial charge in [0, 0.05) is 6.54 Å². The number of hydrogen-bond acceptors (Lipinski definition) is 5. The summed E-state index contributed by atoms with van der Waals surface area (Å²) < 4.78 is 9.71.